The molecule has 0 saturated carbocycles. The van der Waals surface area contributed by atoms with E-state index in [-0.39, 0.29) is 10.8 Å². The van der Waals surface area contributed by atoms with Crippen molar-refractivity contribution in [1.29, 1.82) is 0 Å². The van der Waals surface area contributed by atoms with E-state index < -0.39 is 0 Å². The zero-order chi connectivity index (χ0) is 38.5. The quantitative estimate of drug-likeness (QED) is 0.170. The number of nitrogens with zero attached hydrogens (tertiary/aromatic N) is 1. The third-order valence-corrected chi connectivity index (χ3v) is 13.0. The molecule has 1 nitrogen and oxygen atoms in total. The lowest BCUT2D eigenvalue weighted by atomic mass is 9.79. The average molecular weight is 730 g/mol. The van der Waals surface area contributed by atoms with Crippen molar-refractivity contribution in [2.75, 3.05) is 4.90 Å². The van der Waals surface area contributed by atoms with E-state index in [4.69, 9.17) is 0 Å². The second-order valence-electron chi connectivity index (χ2n) is 17.0. The van der Waals surface area contributed by atoms with Crippen molar-refractivity contribution in [3.63, 3.8) is 0 Å². The van der Waals surface area contributed by atoms with Crippen LogP contribution < -0.4 is 4.90 Å². The smallest absolute Gasteiger partial charge is 0.0468 e. The van der Waals surface area contributed by atoms with Crippen LogP contribution in [0.2, 0.25) is 0 Å². The maximum Gasteiger partial charge on any atom is 0.0468 e. The minimum absolute atomic E-state index is 0.110. The van der Waals surface area contributed by atoms with Gasteiger partial charge in [0.1, 0.15) is 0 Å². The maximum absolute atomic E-state index is 2.47. The van der Waals surface area contributed by atoms with Crippen LogP contribution in [0.5, 0.6) is 0 Å². The first kappa shape index (κ1) is 33.6. The summed E-state index contributed by atoms with van der Waals surface area (Å²) in [5.74, 6) is 0. The SMILES string of the molecule is CC1(C)c2ccccc2-c2ccc(N(c3ccc(-c4ccccc4)cc3)c3ccc4c(c3)-c3c(-c5ccc6ccccc6c5)cc5ccccc5c3C4(C)C)cc21. The molecular weight excluding hydrogens is 687 g/mol. The highest BCUT2D eigenvalue weighted by Gasteiger charge is 2.40. The minimum Gasteiger partial charge on any atom is -0.310 e. The molecule has 1 heteroatoms. The number of benzene rings is 9. The van der Waals surface area contributed by atoms with Crippen molar-refractivity contribution in [3.8, 4) is 44.5 Å². The molecule has 0 aromatic heterocycles. The lowest BCUT2D eigenvalue weighted by molar-refractivity contribution is 0.660. The standard InChI is InChI=1S/C56H43N/c1-55(2)50-21-13-12-20-46(50)47-30-28-44(35-52(47)55)57(42-26-24-38(25-27-42)36-14-6-5-7-15-36)43-29-31-51-49(34-43)53-48(41-23-22-37-16-8-9-17-39(37)32-41)33-40-18-10-11-19-45(40)54(53)56(51,3)4/h5-35H,1-4H3. The van der Waals surface area contributed by atoms with E-state index in [9.17, 15) is 0 Å². The predicted octanol–water partition coefficient (Wildman–Crippen LogP) is 15.4. The highest BCUT2D eigenvalue weighted by atomic mass is 15.1. The van der Waals surface area contributed by atoms with E-state index in [1.807, 2.05) is 0 Å². The lowest BCUT2D eigenvalue weighted by Crippen LogP contribution is -2.17. The molecule has 0 amide bonds. The summed E-state index contributed by atoms with van der Waals surface area (Å²) in [5.41, 5.74) is 19.0. The Balaban J connectivity index is 1.14. The van der Waals surface area contributed by atoms with E-state index >= 15 is 0 Å². The van der Waals surface area contributed by atoms with Crippen molar-refractivity contribution in [2.24, 2.45) is 0 Å². The fourth-order valence-corrected chi connectivity index (χ4v) is 10.1. The van der Waals surface area contributed by atoms with Crippen LogP contribution in [0.25, 0.3) is 66.1 Å². The lowest BCUT2D eigenvalue weighted by Gasteiger charge is -2.29. The van der Waals surface area contributed by atoms with Crippen LogP contribution in [0, 0.1) is 0 Å². The first-order valence-corrected chi connectivity index (χ1v) is 20.2. The summed E-state index contributed by atoms with van der Waals surface area (Å²) in [6.45, 7) is 9.56. The van der Waals surface area contributed by atoms with Crippen LogP contribution >= 0.6 is 0 Å². The Hall–Kier alpha value is -6.70. The Bertz CT molecular complexity index is 3060. The molecule has 2 aliphatic carbocycles. The molecule has 57 heavy (non-hydrogen) atoms. The number of rotatable bonds is 5. The van der Waals surface area contributed by atoms with Gasteiger partial charge in [-0.2, -0.15) is 0 Å². The van der Waals surface area contributed by atoms with Gasteiger partial charge in [-0.25, -0.2) is 0 Å². The van der Waals surface area contributed by atoms with Crippen molar-refractivity contribution >= 4 is 38.6 Å². The van der Waals surface area contributed by atoms with Gasteiger partial charge in [-0.05, 0) is 137 Å². The second-order valence-corrected chi connectivity index (χ2v) is 17.0. The summed E-state index contributed by atoms with van der Waals surface area (Å²) < 4.78 is 0. The minimum atomic E-state index is -0.193. The molecule has 0 atom stereocenters. The summed E-state index contributed by atoms with van der Waals surface area (Å²) in [5, 5.41) is 5.13. The second kappa shape index (κ2) is 12.4. The van der Waals surface area contributed by atoms with Gasteiger partial charge in [0.05, 0.1) is 0 Å². The van der Waals surface area contributed by atoms with Gasteiger partial charge in [0.2, 0.25) is 0 Å². The van der Waals surface area contributed by atoms with Crippen LogP contribution in [0.1, 0.15) is 49.9 Å². The van der Waals surface area contributed by atoms with Gasteiger partial charge in [0.25, 0.3) is 0 Å². The summed E-state index contributed by atoms with van der Waals surface area (Å²) in [4.78, 5) is 2.47. The topological polar surface area (TPSA) is 3.24 Å². The Morgan fingerprint density at radius 3 is 1.75 bits per heavy atom. The molecule has 0 spiro atoms. The Morgan fingerprint density at radius 2 is 0.930 bits per heavy atom. The molecule has 0 radical (unpaired) electrons. The third kappa shape index (κ3) is 5.08. The molecule has 0 saturated heterocycles. The molecule has 272 valence electrons. The van der Waals surface area contributed by atoms with Crippen LogP contribution in [-0.2, 0) is 10.8 Å². The van der Waals surface area contributed by atoms with Crippen LogP contribution in [0.4, 0.5) is 17.1 Å². The van der Waals surface area contributed by atoms with E-state index in [0.717, 1.165) is 17.1 Å². The molecule has 0 fully saturated rings. The van der Waals surface area contributed by atoms with Gasteiger partial charge in [-0.15, -0.1) is 0 Å². The monoisotopic (exact) mass is 729 g/mol. The van der Waals surface area contributed by atoms with Gasteiger partial charge in [-0.1, -0.05) is 167 Å². The molecule has 9 aromatic carbocycles. The van der Waals surface area contributed by atoms with E-state index in [1.165, 1.54) is 88.3 Å². The summed E-state index contributed by atoms with van der Waals surface area (Å²) in [6, 6.07) is 70.1. The number of anilines is 3. The molecular formula is C56H43N. The van der Waals surface area contributed by atoms with E-state index in [0.29, 0.717) is 0 Å². The predicted molar refractivity (Wildman–Crippen MR) is 242 cm³/mol. The van der Waals surface area contributed by atoms with Crippen molar-refractivity contribution < 1.29 is 0 Å². The van der Waals surface area contributed by atoms with E-state index in [2.05, 4.69) is 221 Å². The summed E-state index contributed by atoms with van der Waals surface area (Å²) in [7, 11) is 0. The molecule has 2 aliphatic rings. The van der Waals surface area contributed by atoms with Gasteiger partial charge in [-0.3, -0.25) is 0 Å². The average Bonchev–Trinajstić information content (AvgIpc) is 3.63. The van der Waals surface area contributed by atoms with Gasteiger partial charge >= 0.3 is 0 Å². The first-order chi connectivity index (χ1) is 27.8. The maximum atomic E-state index is 2.47. The molecule has 9 aromatic rings. The highest BCUT2D eigenvalue weighted by Crippen LogP contribution is 2.57. The summed E-state index contributed by atoms with van der Waals surface area (Å²) in [6.07, 6.45) is 0. The van der Waals surface area contributed by atoms with Crippen molar-refractivity contribution in [1.82, 2.24) is 0 Å². The third-order valence-electron chi connectivity index (χ3n) is 13.0. The number of fused-ring (bicyclic) bond motifs is 9. The van der Waals surface area contributed by atoms with Crippen LogP contribution in [0.3, 0.4) is 0 Å². The molecule has 0 bridgehead atoms. The number of hydrogen-bond acceptors (Lipinski definition) is 1. The van der Waals surface area contributed by atoms with E-state index in [1.54, 1.807) is 0 Å². The first-order valence-electron chi connectivity index (χ1n) is 20.2. The molecule has 0 N–H and O–H groups in total. The Morgan fingerprint density at radius 1 is 0.333 bits per heavy atom. The van der Waals surface area contributed by atoms with Gasteiger partial charge in [0, 0.05) is 27.9 Å². The Labute approximate surface area is 335 Å². The highest BCUT2D eigenvalue weighted by molar-refractivity contribution is 6.06. The molecule has 11 rings (SSSR count). The van der Waals surface area contributed by atoms with Gasteiger partial charge < -0.3 is 4.90 Å². The van der Waals surface area contributed by atoms with Crippen LogP contribution in [0.15, 0.2) is 188 Å². The fraction of sp³-hybridized carbons (Fsp3) is 0.107. The zero-order valence-corrected chi connectivity index (χ0v) is 32.8. The van der Waals surface area contributed by atoms with Crippen molar-refractivity contribution in [3.05, 3.63) is 210 Å². The van der Waals surface area contributed by atoms with Crippen LogP contribution in [-0.4, -0.2) is 0 Å². The molecule has 0 heterocycles. The number of hydrogen-bond donors (Lipinski definition) is 0. The summed E-state index contributed by atoms with van der Waals surface area (Å²) >= 11 is 0. The van der Waals surface area contributed by atoms with Gasteiger partial charge in [0.15, 0.2) is 0 Å². The Kier molecular flexibility index (Phi) is 7.32. The largest absolute Gasteiger partial charge is 0.310 e. The molecule has 0 unspecified atom stereocenters. The van der Waals surface area contributed by atoms with Crippen molar-refractivity contribution in [2.45, 2.75) is 38.5 Å². The molecule has 0 aliphatic heterocycles. The normalized spacial score (nSPS) is 14.2. The fourth-order valence-electron chi connectivity index (χ4n) is 10.1. The zero-order valence-electron chi connectivity index (χ0n) is 32.8.